The fourth-order valence-corrected chi connectivity index (χ4v) is 3.54. The van der Waals surface area contributed by atoms with Crippen molar-refractivity contribution in [1.29, 1.82) is 0 Å². The summed E-state index contributed by atoms with van der Waals surface area (Å²) < 4.78 is 14.5. The van der Waals surface area contributed by atoms with Gasteiger partial charge in [-0.3, -0.25) is 4.79 Å². The number of halogens is 1. The lowest BCUT2D eigenvalue weighted by molar-refractivity contribution is 0.102. The molecule has 6 nitrogen and oxygen atoms in total. The number of carbonyl (C=O) groups is 1. The lowest BCUT2D eigenvalue weighted by Gasteiger charge is -2.29. The predicted octanol–water partition coefficient (Wildman–Crippen LogP) is 2.26. The second-order valence-electron chi connectivity index (χ2n) is 6.97. The van der Waals surface area contributed by atoms with Gasteiger partial charge in [0.05, 0.1) is 11.9 Å². The maximum atomic E-state index is 14.5. The minimum Gasteiger partial charge on any atom is -0.368 e. The summed E-state index contributed by atoms with van der Waals surface area (Å²) in [4.78, 5) is 19.1. The van der Waals surface area contributed by atoms with Crippen molar-refractivity contribution in [2.24, 2.45) is 0 Å². The van der Waals surface area contributed by atoms with Gasteiger partial charge in [0.15, 0.2) is 0 Å². The number of amides is 1. The molecule has 1 aromatic carbocycles. The van der Waals surface area contributed by atoms with Gasteiger partial charge in [-0.25, -0.2) is 9.37 Å². The molecule has 2 aliphatic rings. The van der Waals surface area contributed by atoms with E-state index in [0.717, 1.165) is 56.9 Å². The minimum atomic E-state index is -0.372. The van der Waals surface area contributed by atoms with E-state index in [1.54, 1.807) is 24.4 Å². The molecule has 0 spiro atoms. The second-order valence-corrected chi connectivity index (χ2v) is 6.97. The third kappa shape index (κ3) is 4.21. The largest absolute Gasteiger partial charge is 0.368 e. The summed E-state index contributed by atoms with van der Waals surface area (Å²) in [6.45, 7) is 5.35. The van der Waals surface area contributed by atoms with E-state index in [9.17, 15) is 9.18 Å². The molecule has 0 radical (unpaired) electrons. The smallest absolute Gasteiger partial charge is 0.256 e. The summed E-state index contributed by atoms with van der Waals surface area (Å²) in [5, 5.41) is 9.27. The highest BCUT2D eigenvalue weighted by Crippen LogP contribution is 2.24. The molecule has 28 heavy (non-hydrogen) atoms. The molecule has 3 N–H and O–H groups in total. The van der Waals surface area contributed by atoms with E-state index < -0.39 is 0 Å². The van der Waals surface area contributed by atoms with Crippen molar-refractivity contribution in [3.63, 3.8) is 0 Å². The van der Waals surface area contributed by atoms with Crippen molar-refractivity contribution in [3.8, 4) is 0 Å². The van der Waals surface area contributed by atoms with E-state index >= 15 is 0 Å². The van der Waals surface area contributed by atoms with E-state index in [1.807, 2.05) is 12.1 Å². The third-order valence-corrected chi connectivity index (χ3v) is 5.11. The number of nitrogens with zero attached hydrogens (tertiary/aromatic N) is 2. The van der Waals surface area contributed by atoms with Gasteiger partial charge in [-0.1, -0.05) is 12.1 Å². The Morgan fingerprint density at radius 1 is 1.11 bits per heavy atom. The molecule has 0 unspecified atom stereocenters. The van der Waals surface area contributed by atoms with Crippen LogP contribution in [0.25, 0.3) is 5.57 Å². The molecule has 3 heterocycles. The molecule has 0 aliphatic carbocycles. The van der Waals surface area contributed by atoms with Gasteiger partial charge in [-0.15, -0.1) is 0 Å². The number of rotatable bonds is 4. The summed E-state index contributed by atoms with van der Waals surface area (Å²) >= 11 is 0. The minimum absolute atomic E-state index is 0.281. The van der Waals surface area contributed by atoms with Crippen LogP contribution in [-0.2, 0) is 0 Å². The van der Waals surface area contributed by atoms with E-state index in [2.05, 4.69) is 25.8 Å². The maximum absolute atomic E-state index is 14.5. The van der Waals surface area contributed by atoms with Crippen molar-refractivity contribution >= 4 is 23.0 Å². The molecule has 1 fully saturated rings. The van der Waals surface area contributed by atoms with Crippen LogP contribution in [0.1, 0.15) is 22.3 Å². The second kappa shape index (κ2) is 8.50. The van der Waals surface area contributed by atoms with Crippen LogP contribution in [0.15, 0.2) is 42.6 Å². The summed E-state index contributed by atoms with van der Waals surface area (Å²) in [5.41, 5.74) is 2.86. The molecular weight excluding hydrogens is 357 g/mol. The van der Waals surface area contributed by atoms with Crippen LogP contribution < -0.4 is 20.9 Å². The Bertz CT molecular complexity index is 875. The fourth-order valence-electron chi connectivity index (χ4n) is 3.54. The predicted molar refractivity (Wildman–Crippen MR) is 109 cm³/mol. The van der Waals surface area contributed by atoms with Gasteiger partial charge in [0.25, 0.3) is 5.91 Å². The Balaban J connectivity index is 1.43. The molecular formula is C21H24FN5O. The average Bonchev–Trinajstić information content (AvgIpc) is 2.75. The Morgan fingerprint density at radius 3 is 2.64 bits per heavy atom. The van der Waals surface area contributed by atoms with Gasteiger partial charge >= 0.3 is 0 Å². The first-order valence-corrected chi connectivity index (χ1v) is 9.63. The number of piperazine rings is 1. The van der Waals surface area contributed by atoms with Gasteiger partial charge in [-0.2, -0.15) is 0 Å². The van der Waals surface area contributed by atoms with Crippen molar-refractivity contribution < 1.29 is 9.18 Å². The molecule has 4 rings (SSSR count). The summed E-state index contributed by atoms with van der Waals surface area (Å²) in [6, 6.07) is 8.36. The molecule has 1 saturated heterocycles. The highest BCUT2D eigenvalue weighted by atomic mass is 19.1. The van der Waals surface area contributed by atoms with Crippen molar-refractivity contribution in [2.45, 2.75) is 6.42 Å². The van der Waals surface area contributed by atoms with Crippen molar-refractivity contribution in [2.75, 3.05) is 49.5 Å². The van der Waals surface area contributed by atoms with Crippen LogP contribution in [0.3, 0.4) is 0 Å². The molecule has 0 atom stereocenters. The van der Waals surface area contributed by atoms with Crippen molar-refractivity contribution in [3.05, 3.63) is 59.5 Å². The molecule has 2 aliphatic heterocycles. The SMILES string of the molecule is O=C(Nc1ccc(N2CCNCC2)cn1)c1ccc(C2=CCNCC2)c(F)c1. The number of carbonyl (C=O) groups excluding carboxylic acids is 1. The summed E-state index contributed by atoms with van der Waals surface area (Å²) in [7, 11) is 0. The zero-order chi connectivity index (χ0) is 19.3. The summed E-state index contributed by atoms with van der Waals surface area (Å²) in [5.74, 6) is -0.288. The maximum Gasteiger partial charge on any atom is 0.256 e. The zero-order valence-corrected chi connectivity index (χ0v) is 15.7. The third-order valence-electron chi connectivity index (χ3n) is 5.11. The number of hydrogen-bond donors (Lipinski definition) is 3. The van der Waals surface area contributed by atoms with E-state index in [-0.39, 0.29) is 17.3 Å². The first-order valence-electron chi connectivity index (χ1n) is 9.63. The van der Waals surface area contributed by atoms with Crippen molar-refractivity contribution in [1.82, 2.24) is 15.6 Å². The molecule has 146 valence electrons. The first-order chi connectivity index (χ1) is 13.7. The number of benzene rings is 1. The van der Waals surface area contributed by atoms with E-state index in [4.69, 9.17) is 0 Å². The number of nitrogens with one attached hydrogen (secondary N) is 3. The molecule has 0 saturated carbocycles. The molecule has 0 bridgehead atoms. The number of anilines is 2. The lowest BCUT2D eigenvalue weighted by atomic mass is 9.98. The normalized spacial score (nSPS) is 17.2. The fraction of sp³-hybridized carbons (Fsp3) is 0.333. The molecule has 7 heteroatoms. The van der Waals surface area contributed by atoms with Gasteiger partial charge in [0, 0.05) is 43.9 Å². The number of hydrogen-bond acceptors (Lipinski definition) is 5. The van der Waals surface area contributed by atoms with Crippen LogP contribution in [0.4, 0.5) is 15.9 Å². The Morgan fingerprint density at radius 2 is 1.96 bits per heavy atom. The Labute approximate surface area is 163 Å². The lowest BCUT2D eigenvalue weighted by Crippen LogP contribution is -2.43. The van der Waals surface area contributed by atoms with Gasteiger partial charge in [0.1, 0.15) is 11.6 Å². The quantitative estimate of drug-likeness (QED) is 0.758. The van der Waals surface area contributed by atoms with Crippen LogP contribution >= 0.6 is 0 Å². The first kappa shape index (κ1) is 18.6. The van der Waals surface area contributed by atoms with E-state index in [0.29, 0.717) is 11.4 Å². The van der Waals surface area contributed by atoms with Crippen LogP contribution in [0, 0.1) is 5.82 Å². The van der Waals surface area contributed by atoms with E-state index in [1.165, 1.54) is 6.07 Å². The highest BCUT2D eigenvalue weighted by molar-refractivity contribution is 6.04. The van der Waals surface area contributed by atoms with Crippen LogP contribution in [0.2, 0.25) is 0 Å². The monoisotopic (exact) mass is 381 g/mol. The standard InChI is InChI=1S/C21H24FN5O/c22-19-13-16(1-3-18(19)15-5-7-23-8-6-15)21(28)26-20-4-2-17(14-25-20)27-11-9-24-10-12-27/h1-5,13-14,23-24H,6-12H2,(H,25,26,28). The average molecular weight is 381 g/mol. The highest BCUT2D eigenvalue weighted by Gasteiger charge is 2.15. The molecule has 1 aromatic heterocycles. The summed E-state index contributed by atoms with van der Waals surface area (Å²) in [6.07, 6.45) is 4.53. The van der Waals surface area contributed by atoms with Gasteiger partial charge in [0.2, 0.25) is 0 Å². The number of pyridine rings is 1. The van der Waals surface area contributed by atoms with Gasteiger partial charge in [-0.05, 0) is 42.8 Å². The van der Waals surface area contributed by atoms with Crippen LogP contribution in [-0.4, -0.2) is 50.2 Å². The zero-order valence-electron chi connectivity index (χ0n) is 15.7. The van der Waals surface area contributed by atoms with Gasteiger partial charge < -0.3 is 20.9 Å². The molecule has 1 amide bonds. The Hall–Kier alpha value is -2.77. The number of aromatic nitrogens is 1. The Kier molecular flexibility index (Phi) is 5.64. The molecule has 2 aromatic rings. The topological polar surface area (TPSA) is 69.3 Å². The van der Waals surface area contributed by atoms with Crippen LogP contribution in [0.5, 0.6) is 0 Å².